The van der Waals surface area contributed by atoms with E-state index in [1.165, 1.54) is 11.1 Å². The molecule has 0 amide bonds. The smallest absolute Gasteiger partial charge is 0.126 e. The number of aliphatic hydroxyl groups excluding tert-OH is 1. The zero-order valence-corrected chi connectivity index (χ0v) is 11.4. The Bertz CT molecular complexity index is 493. The van der Waals surface area contributed by atoms with Crippen LogP contribution in [0.2, 0.25) is 0 Å². The van der Waals surface area contributed by atoms with E-state index in [0.717, 1.165) is 23.9 Å². The van der Waals surface area contributed by atoms with Gasteiger partial charge in [0.15, 0.2) is 0 Å². The highest BCUT2D eigenvalue weighted by atomic mass is 32.2. The first-order valence-electron chi connectivity index (χ1n) is 6.15. The number of hydrogen-bond acceptors (Lipinski definition) is 5. The number of aromatic nitrogens is 2. The van der Waals surface area contributed by atoms with Crippen molar-refractivity contribution in [3.63, 3.8) is 0 Å². The summed E-state index contributed by atoms with van der Waals surface area (Å²) in [5.74, 6) is 2.54. The van der Waals surface area contributed by atoms with Crippen molar-refractivity contribution in [1.82, 2.24) is 9.97 Å². The van der Waals surface area contributed by atoms with Crippen molar-refractivity contribution >= 4 is 17.6 Å². The Morgan fingerprint density at radius 1 is 1.11 bits per heavy atom. The lowest BCUT2D eigenvalue weighted by Crippen LogP contribution is -2.01. The number of rotatable bonds is 7. The average Bonchev–Trinajstić information content (AvgIpc) is 2.47. The van der Waals surface area contributed by atoms with Crippen LogP contribution in [-0.2, 0) is 12.3 Å². The van der Waals surface area contributed by atoms with Crippen molar-refractivity contribution in [3.8, 4) is 0 Å². The van der Waals surface area contributed by atoms with Crippen molar-refractivity contribution < 1.29 is 5.11 Å². The fraction of sp³-hybridized carbons (Fsp3) is 0.286. The van der Waals surface area contributed by atoms with Gasteiger partial charge in [-0.2, -0.15) is 11.8 Å². The summed E-state index contributed by atoms with van der Waals surface area (Å²) in [6, 6.07) is 8.01. The van der Waals surface area contributed by atoms with Gasteiger partial charge in [-0.05, 0) is 35.4 Å². The molecule has 19 heavy (non-hydrogen) atoms. The Morgan fingerprint density at radius 2 is 1.89 bits per heavy atom. The van der Waals surface area contributed by atoms with E-state index in [0.29, 0.717) is 0 Å². The first-order valence-corrected chi connectivity index (χ1v) is 7.30. The minimum atomic E-state index is 0.225. The van der Waals surface area contributed by atoms with Crippen molar-refractivity contribution in [3.05, 3.63) is 54.0 Å². The summed E-state index contributed by atoms with van der Waals surface area (Å²) in [6.45, 7) is 0.964. The third-order valence-electron chi connectivity index (χ3n) is 2.55. The summed E-state index contributed by atoms with van der Waals surface area (Å²) < 4.78 is 0. The van der Waals surface area contributed by atoms with Crippen LogP contribution < -0.4 is 5.32 Å². The Morgan fingerprint density at radius 3 is 2.68 bits per heavy atom. The topological polar surface area (TPSA) is 58.0 Å². The van der Waals surface area contributed by atoms with Gasteiger partial charge in [0.2, 0.25) is 0 Å². The highest BCUT2D eigenvalue weighted by Gasteiger charge is 1.98. The van der Waals surface area contributed by atoms with Gasteiger partial charge in [0.25, 0.3) is 0 Å². The van der Waals surface area contributed by atoms with Crippen molar-refractivity contribution in [1.29, 1.82) is 0 Å². The van der Waals surface area contributed by atoms with E-state index in [1.807, 2.05) is 30.5 Å². The van der Waals surface area contributed by atoms with Crippen LogP contribution in [0.25, 0.3) is 0 Å². The number of anilines is 1. The van der Waals surface area contributed by atoms with Gasteiger partial charge in [0.1, 0.15) is 5.82 Å². The van der Waals surface area contributed by atoms with Crippen LogP contribution in [0.15, 0.2) is 42.9 Å². The predicted octanol–water partition coefficient (Wildman–Crippen LogP) is 2.31. The van der Waals surface area contributed by atoms with Gasteiger partial charge in [0.05, 0.1) is 6.61 Å². The second-order valence-corrected chi connectivity index (χ2v) is 5.14. The number of aliphatic hydroxyl groups is 1. The number of nitrogens with one attached hydrogen (secondary N) is 1. The zero-order valence-electron chi connectivity index (χ0n) is 10.6. The highest BCUT2D eigenvalue weighted by Crippen LogP contribution is 2.14. The second kappa shape index (κ2) is 7.76. The first kappa shape index (κ1) is 13.8. The quantitative estimate of drug-likeness (QED) is 0.759. The van der Waals surface area contributed by atoms with Gasteiger partial charge in [-0.15, -0.1) is 0 Å². The van der Waals surface area contributed by atoms with Crippen LogP contribution in [0.3, 0.4) is 0 Å². The molecule has 2 heterocycles. The van der Waals surface area contributed by atoms with Crippen molar-refractivity contribution in [2.24, 2.45) is 0 Å². The van der Waals surface area contributed by atoms with E-state index in [9.17, 15) is 0 Å². The fourth-order valence-electron chi connectivity index (χ4n) is 1.61. The zero-order chi connectivity index (χ0) is 13.3. The molecule has 4 nitrogen and oxygen atoms in total. The number of pyridine rings is 2. The van der Waals surface area contributed by atoms with Gasteiger partial charge < -0.3 is 10.4 Å². The molecule has 100 valence electrons. The molecule has 0 aliphatic heterocycles. The highest BCUT2D eigenvalue weighted by molar-refractivity contribution is 7.98. The number of nitrogens with zero attached hydrogens (tertiary/aromatic N) is 2. The predicted molar refractivity (Wildman–Crippen MR) is 79.0 cm³/mol. The van der Waals surface area contributed by atoms with E-state index in [1.54, 1.807) is 24.2 Å². The fourth-order valence-corrected chi connectivity index (χ4v) is 2.30. The van der Waals surface area contributed by atoms with Crippen LogP contribution in [0, 0.1) is 0 Å². The molecule has 0 atom stereocenters. The molecule has 0 aliphatic rings. The summed E-state index contributed by atoms with van der Waals surface area (Å²) >= 11 is 1.72. The lowest BCUT2D eigenvalue weighted by atomic mass is 10.2. The maximum Gasteiger partial charge on any atom is 0.126 e. The van der Waals surface area contributed by atoms with Gasteiger partial charge in [0, 0.05) is 36.6 Å². The lowest BCUT2D eigenvalue weighted by Gasteiger charge is -2.07. The molecule has 2 N–H and O–H groups in total. The van der Waals surface area contributed by atoms with Gasteiger partial charge >= 0.3 is 0 Å². The Labute approximate surface area is 117 Å². The standard InChI is InChI=1S/C14H17N3OS/c18-7-8-19-11-13-3-6-16-14(9-13)17-10-12-1-4-15-5-2-12/h1-6,9,18H,7-8,10-11H2,(H,16,17). The molecular weight excluding hydrogens is 258 g/mol. The molecule has 0 aromatic carbocycles. The van der Waals surface area contributed by atoms with Crippen LogP contribution in [0.4, 0.5) is 5.82 Å². The maximum absolute atomic E-state index is 8.76. The Balaban J connectivity index is 1.88. The number of thioether (sulfide) groups is 1. The molecule has 5 heteroatoms. The minimum Gasteiger partial charge on any atom is -0.396 e. The van der Waals surface area contributed by atoms with E-state index in [2.05, 4.69) is 15.3 Å². The molecular formula is C14H17N3OS. The van der Waals surface area contributed by atoms with Crippen LogP contribution >= 0.6 is 11.8 Å². The first-order chi connectivity index (χ1) is 9.38. The third-order valence-corrected chi connectivity index (χ3v) is 3.56. The summed E-state index contributed by atoms with van der Waals surface area (Å²) in [4.78, 5) is 8.29. The summed E-state index contributed by atoms with van der Waals surface area (Å²) in [5, 5.41) is 12.1. The Kier molecular flexibility index (Phi) is 5.65. The molecule has 0 saturated carbocycles. The van der Waals surface area contributed by atoms with Crippen molar-refractivity contribution in [2.75, 3.05) is 17.7 Å². The lowest BCUT2D eigenvalue weighted by molar-refractivity contribution is 0.322. The van der Waals surface area contributed by atoms with Crippen LogP contribution in [0.5, 0.6) is 0 Å². The Hall–Kier alpha value is -1.59. The minimum absolute atomic E-state index is 0.225. The summed E-state index contributed by atoms with van der Waals surface area (Å²) in [6.07, 6.45) is 5.38. The molecule has 0 bridgehead atoms. The molecule has 2 rings (SSSR count). The summed E-state index contributed by atoms with van der Waals surface area (Å²) in [5.41, 5.74) is 2.39. The van der Waals surface area contributed by atoms with Gasteiger partial charge in [-0.25, -0.2) is 4.98 Å². The SMILES string of the molecule is OCCSCc1ccnc(NCc2ccncc2)c1. The maximum atomic E-state index is 8.76. The molecule has 2 aromatic rings. The molecule has 2 aromatic heterocycles. The van der Waals surface area contributed by atoms with Crippen molar-refractivity contribution in [2.45, 2.75) is 12.3 Å². The summed E-state index contributed by atoms with van der Waals surface area (Å²) in [7, 11) is 0. The van der Waals surface area contributed by atoms with E-state index in [4.69, 9.17) is 5.11 Å². The molecule has 0 saturated heterocycles. The van der Waals surface area contributed by atoms with E-state index in [-0.39, 0.29) is 6.61 Å². The number of hydrogen-bond donors (Lipinski definition) is 2. The van der Waals surface area contributed by atoms with Gasteiger partial charge in [-0.1, -0.05) is 0 Å². The molecule has 0 unspecified atom stereocenters. The largest absolute Gasteiger partial charge is 0.396 e. The molecule has 0 aliphatic carbocycles. The average molecular weight is 275 g/mol. The molecule has 0 spiro atoms. The van der Waals surface area contributed by atoms with E-state index >= 15 is 0 Å². The van der Waals surface area contributed by atoms with E-state index < -0.39 is 0 Å². The van der Waals surface area contributed by atoms with Gasteiger partial charge in [-0.3, -0.25) is 4.98 Å². The second-order valence-electron chi connectivity index (χ2n) is 4.03. The normalized spacial score (nSPS) is 10.4. The monoisotopic (exact) mass is 275 g/mol. The third kappa shape index (κ3) is 4.89. The molecule has 0 fully saturated rings. The molecule has 0 radical (unpaired) electrons. The van der Waals surface area contributed by atoms with Crippen LogP contribution in [0.1, 0.15) is 11.1 Å². The van der Waals surface area contributed by atoms with Crippen LogP contribution in [-0.4, -0.2) is 27.4 Å².